The Morgan fingerprint density at radius 2 is 2.11 bits per heavy atom. The average Bonchev–Trinajstić information content (AvgIpc) is 2.84. The number of rotatable bonds is 5. The van der Waals surface area contributed by atoms with Gasteiger partial charge in [-0.05, 0) is 43.5 Å². The van der Waals surface area contributed by atoms with Gasteiger partial charge in [0.2, 0.25) is 5.91 Å². The van der Waals surface area contributed by atoms with Crippen molar-refractivity contribution in [1.82, 2.24) is 5.32 Å². The zero-order valence-electron chi connectivity index (χ0n) is 11.3. The molecular formula is C15H21BrN2O. The first-order chi connectivity index (χ1) is 9.15. The summed E-state index contributed by atoms with van der Waals surface area (Å²) >= 11 is 3.44. The first-order valence-electron chi connectivity index (χ1n) is 6.94. The highest BCUT2D eigenvalue weighted by molar-refractivity contribution is 9.10. The molecule has 19 heavy (non-hydrogen) atoms. The second-order valence-electron chi connectivity index (χ2n) is 5.18. The Bertz CT molecular complexity index is 442. The summed E-state index contributed by atoms with van der Waals surface area (Å²) in [4.78, 5) is 11.8. The highest BCUT2D eigenvalue weighted by atomic mass is 79.9. The van der Waals surface area contributed by atoms with E-state index in [0.717, 1.165) is 23.0 Å². The van der Waals surface area contributed by atoms with Crippen molar-refractivity contribution in [3.63, 3.8) is 0 Å². The lowest BCUT2D eigenvalue weighted by Gasteiger charge is -2.13. The fourth-order valence-electron chi connectivity index (χ4n) is 2.51. The van der Waals surface area contributed by atoms with Crippen LogP contribution in [0.25, 0.3) is 0 Å². The molecule has 0 aromatic heterocycles. The molecule has 0 spiro atoms. The first kappa shape index (κ1) is 14.4. The Hall–Kier alpha value is -1.03. The molecule has 0 atom stereocenters. The van der Waals surface area contributed by atoms with E-state index in [1.54, 1.807) is 0 Å². The number of amides is 1. The number of benzene rings is 1. The summed E-state index contributed by atoms with van der Waals surface area (Å²) in [6, 6.07) is 6.53. The lowest BCUT2D eigenvalue weighted by Crippen LogP contribution is -2.33. The van der Waals surface area contributed by atoms with Gasteiger partial charge in [0.25, 0.3) is 0 Å². The Morgan fingerprint density at radius 1 is 1.37 bits per heavy atom. The van der Waals surface area contributed by atoms with Gasteiger partial charge in [-0.25, -0.2) is 0 Å². The Kier molecular flexibility index (Phi) is 5.25. The van der Waals surface area contributed by atoms with Crippen LogP contribution < -0.4 is 10.6 Å². The topological polar surface area (TPSA) is 41.1 Å². The number of carbonyl (C=O) groups is 1. The number of halogens is 1. The molecule has 4 heteroatoms. The summed E-state index contributed by atoms with van der Waals surface area (Å²) in [5.74, 6) is 0.161. The zero-order chi connectivity index (χ0) is 13.7. The summed E-state index contributed by atoms with van der Waals surface area (Å²) in [7, 11) is 0. The fourth-order valence-corrected chi connectivity index (χ4v) is 2.98. The molecule has 1 amide bonds. The second kappa shape index (κ2) is 6.94. The van der Waals surface area contributed by atoms with Gasteiger partial charge in [0.15, 0.2) is 0 Å². The molecule has 0 aliphatic heterocycles. The van der Waals surface area contributed by atoms with E-state index >= 15 is 0 Å². The molecule has 104 valence electrons. The van der Waals surface area contributed by atoms with Crippen molar-refractivity contribution in [1.29, 1.82) is 0 Å². The van der Waals surface area contributed by atoms with Crippen LogP contribution in [-0.2, 0) is 4.79 Å². The van der Waals surface area contributed by atoms with Crippen molar-refractivity contribution in [3.05, 3.63) is 28.2 Å². The summed E-state index contributed by atoms with van der Waals surface area (Å²) in [6.07, 6.45) is 5.32. The fraction of sp³-hybridized carbons (Fsp3) is 0.533. The Morgan fingerprint density at radius 3 is 2.79 bits per heavy atom. The van der Waals surface area contributed by atoms with Crippen LogP contribution in [0, 0.1) is 6.92 Å². The smallest absolute Gasteiger partial charge is 0.221 e. The van der Waals surface area contributed by atoms with Crippen LogP contribution >= 0.6 is 15.9 Å². The first-order valence-corrected chi connectivity index (χ1v) is 7.74. The number of hydrogen-bond donors (Lipinski definition) is 2. The standard InChI is InChI=1S/C15H21BrN2O/c1-11-10-12(16)6-7-14(11)17-9-8-15(19)18-13-4-2-3-5-13/h6-7,10,13,17H,2-5,8-9H2,1H3,(H,18,19). The predicted octanol–water partition coefficient (Wildman–Crippen LogP) is 3.62. The molecule has 0 radical (unpaired) electrons. The van der Waals surface area contributed by atoms with E-state index < -0.39 is 0 Å². The van der Waals surface area contributed by atoms with Gasteiger partial charge in [0.1, 0.15) is 0 Å². The van der Waals surface area contributed by atoms with Crippen LogP contribution in [0.5, 0.6) is 0 Å². The SMILES string of the molecule is Cc1cc(Br)ccc1NCCC(=O)NC1CCCC1. The van der Waals surface area contributed by atoms with Gasteiger partial charge in [-0.15, -0.1) is 0 Å². The maximum Gasteiger partial charge on any atom is 0.221 e. The molecule has 1 fully saturated rings. The molecule has 1 aromatic carbocycles. The molecular weight excluding hydrogens is 304 g/mol. The third-order valence-electron chi connectivity index (χ3n) is 3.58. The van der Waals surface area contributed by atoms with Crippen molar-refractivity contribution in [3.8, 4) is 0 Å². The van der Waals surface area contributed by atoms with Crippen molar-refractivity contribution in [2.75, 3.05) is 11.9 Å². The van der Waals surface area contributed by atoms with Crippen molar-refractivity contribution in [2.24, 2.45) is 0 Å². The number of carbonyl (C=O) groups excluding carboxylic acids is 1. The number of hydrogen-bond acceptors (Lipinski definition) is 2. The van der Waals surface area contributed by atoms with Gasteiger partial charge in [0.05, 0.1) is 0 Å². The predicted molar refractivity (Wildman–Crippen MR) is 82.4 cm³/mol. The number of nitrogens with one attached hydrogen (secondary N) is 2. The maximum atomic E-state index is 11.8. The van der Waals surface area contributed by atoms with E-state index in [1.807, 2.05) is 12.1 Å². The molecule has 0 heterocycles. The van der Waals surface area contributed by atoms with Crippen LogP contribution in [0.3, 0.4) is 0 Å². The van der Waals surface area contributed by atoms with Crippen molar-refractivity contribution in [2.45, 2.75) is 45.1 Å². The van der Waals surface area contributed by atoms with E-state index in [-0.39, 0.29) is 5.91 Å². The second-order valence-corrected chi connectivity index (χ2v) is 6.10. The number of aryl methyl sites for hydroxylation is 1. The monoisotopic (exact) mass is 324 g/mol. The van der Waals surface area contributed by atoms with Crippen LogP contribution in [0.1, 0.15) is 37.7 Å². The van der Waals surface area contributed by atoms with Gasteiger partial charge in [-0.2, -0.15) is 0 Å². The highest BCUT2D eigenvalue weighted by Gasteiger charge is 2.16. The molecule has 1 aliphatic carbocycles. The molecule has 1 saturated carbocycles. The van der Waals surface area contributed by atoms with E-state index in [0.29, 0.717) is 19.0 Å². The molecule has 2 rings (SSSR count). The van der Waals surface area contributed by atoms with E-state index in [9.17, 15) is 4.79 Å². The Labute approximate surface area is 123 Å². The van der Waals surface area contributed by atoms with Crippen molar-refractivity contribution < 1.29 is 4.79 Å². The van der Waals surface area contributed by atoms with Gasteiger partial charge < -0.3 is 10.6 Å². The Balaban J connectivity index is 1.72. The summed E-state index contributed by atoms with van der Waals surface area (Å²) in [5.41, 5.74) is 2.28. The summed E-state index contributed by atoms with van der Waals surface area (Å²) < 4.78 is 1.08. The minimum Gasteiger partial charge on any atom is -0.384 e. The molecule has 1 aliphatic rings. The average molecular weight is 325 g/mol. The molecule has 2 N–H and O–H groups in total. The zero-order valence-corrected chi connectivity index (χ0v) is 12.9. The normalized spacial score (nSPS) is 15.5. The molecule has 0 bridgehead atoms. The van der Waals surface area contributed by atoms with Gasteiger partial charge >= 0.3 is 0 Å². The van der Waals surface area contributed by atoms with E-state index in [1.165, 1.54) is 18.4 Å². The minimum absolute atomic E-state index is 0.161. The molecule has 0 saturated heterocycles. The lowest BCUT2D eigenvalue weighted by atomic mass is 10.2. The lowest BCUT2D eigenvalue weighted by molar-refractivity contribution is -0.121. The highest BCUT2D eigenvalue weighted by Crippen LogP contribution is 2.20. The number of anilines is 1. The van der Waals surface area contributed by atoms with E-state index in [2.05, 4.69) is 39.6 Å². The van der Waals surface area contributed by atoms with Crippen LogP contribution in [0.4, 0.5) is 5.69 Å². The summed E-state index contributed by atoms with van der Waals surface area (Å²) in [6.45, 7) is 2.74. The van der Waals surface area contributed by atoms with Gasteiger partial charge in [0, 0.05) is 29.2 Å². The molecule has 1 aromatic rings. The quantitative estimate of drug-likeness (QED) is 0.868. The molecule has 3 nitrogen and oxygen atoms in total. The third-order valence-corrected chi connectivity index (χ3v) is 4.07. The van der Waals surface area contributed by atoms with Crippen molar-refractivity contribution >= 4 is 27.5 Å². The van der Waals surface area contributed by atoms with E-state index in [4.69, 9.17) is 0 Å². The molecule has 0 unspecified atom stereocenters. The summed E-state index contributed by atoms with van der Waals surface area (Å²) in [5, 5.41) is 6.42. The van der Waals surface area contributed by atoms with Gasteiger partial charge in [-0.1, -0.05) is 28.8 Å². The van der Waals surface area contributed by atoms with Gasteiger partial charge in [-0.3, -0.25) is 4.79 Å². The largest absolute Gasteiger partial charge is 0.384 e. The van der Waals surface area contributed by atoms with Crippen LogP contribution in [-0.4, -0.2) is 18.5 Å². The van der Waals surface area contributed by atoms with Crippen LogP contribution in [0.15, 0.2) is 22.7 Å². The van der Waals surface area contributed by atoms with Crippen LogP contribution in [0.2, 0.25) is 0 Å². The third kappa shape index (κ3) is 4.53. The maximum absolute atomic E-state index is 11.8. The minimum atomic E-state index is 0.161.